The zero-order valence-electron chi connectivity index (χ0n) is 31.8. The summed E-state index contributed by atoms with van der Waals surface area (Å²) in [5, 5.41) is 7.57. The molecule has 2 nitrogen and oxygen atoms in total. The molecule has 1 heterocycles. The largest absolute Gasteiger partial charge is 0.311 e. The molecule has 0 saturated heterocycles. The first kappa shape index (κ1) is 33.6. The topological polar surface area (TPSA) is 8.17 Å². The summed E-state index contributed by atoms with van der Waals surface area (Å²) in [4.78, 5) is 2.35. The molecule has 0 radical (unpaired) electrons. The Hall–Kier alpha value is -7.68. The first-order valence-electron chi connectivity index (χ1n) is 19.9. The van der Waals surface area contributed by atoms with Crippen molar-refractivity contribution in [1.29, 1.82) is 0 Å². The molecule has 11 aromatic rings. The normalized spacial score (nSPS) is 11.4. The fraction of sp³-hybridized carbons (Fsp3) is 0. The highest BCUT2D eigenvalue weighted by atomic mass is 15.1. The van der Waals surface area contributed by atoms with Gasteiger partial charge in [0.25, 0.3) is 0 Å². The molecule has 0 bridgehead atoms. The van der Waals surface area contributed by atoms with E-state index in [1.165, 1.54) is 76.7 Å². The van der Waals surface area contributed by atoms with E-state index in [0.29, 0.717) is 0 Å². The summed E-state index contributed by atoms with van der Waals surface area (Å²) >= 11 is 0. The minimum atomic E-state index is 1.10. The molecule has 0 fully saturated rings. The van der Waals surface area contributed by atoms with E-state index < -0.39 is 0 Å². The molecule has 2 heteroatoms. The predicted octanol–water partition coefficient (Wildman–Crippen LogP) is 15.6. The van der Waals surface area contributed by atoms with Gasteiger partial charge in [-0.3, -0.25) is 0 Å². The summed E-state index contributed by atoms with van der Waals surface area (Å²) in [6.07, 6.45) is 0. The summed E-state index contributed by atoms with van der Waals surface area (Å²) in [6.45, 7) is 0. The lowest BCUT2D eigenvalue weighted by Gasteiger charge is -2.26. The van der Waals surface area contributed by atoms with Crippen molar-refractivity contribution in [3.8, 4) is 39.1 Å². The number of anilines is 3. The molecule has 272 valence electrons. The highest BCUT2D eigenvalue weighted by Gasteiger charge is 2.17. The molecule has 1 aromatic heterocycles. The van der Waals surface area contributed by atoms with Gasteiger partial charge in [0.2, 0.25) is 0 Å². The number of fused-ring (bicyclic) bond motifs is 6. The molecule has 10 aromatic carbocycles. The van der Waals surface area contributed by atoms with Gasteiger partial charge in [-0.25, -0.2) is 0 Å². The van der Waals surface area contributed by atoms with E-state index in [-0.39, 0.29) is 0 Å². The third-order valence-electron chi connectivity index (χ3n) is 11.6. The Bertz CT molecular complexity index is 3230. The minimum Gasteiger partial charge on any atom is -0.311 e. The number of rotatable bonds is 7. The van der Waals surface area contributed by atoms with Crippen LogP contribution in [0.1, 0.15) is 0 Å². The molecule has 0 spiro atoms. The van der Waals surface area contributed by atoms with Crippen molar-refractivity contribution in [2.75, 3.05) is 4.90 Å². The summed E-state index contributed by atoms with van der Waals surface area (Å²) in [6, 6.07) is 83.5. The van der Waals surface area contributed by atoms with Gasteiger partial charge >= 0.3 is 0 Å². The van der Waals surface area contributed by atoms with E-state index in [0.717, 1.165) is 22.7 Å². The van der Waals surface area contributed by atoms with Crippen LogP contribution in [0.3, 0.4) is 0 Å². The Morgan fingerprint density at radius 3 is 1.38 bits per heavy atom. The molecule has 0 aliphatic rings. The lowest BCUT2D eigenvalue weighted by atomic mass is 9.98. The Kier molecular flexibility index (Phi) is 8.19. The van der Waals surface area contributed by atoms with E-state index in [2.05, 4.69) is 240 Å². The van der Waals surface area contributed by atoms with E-state index in [1.807, 2.05) is 0 Å². The first-order valence-corrected chi connectivity index (χ1v) is 19.9. The van der Waals surface area contributed by atoms with Crippen molar-refractivity contribution in [3.63, 3.8) is 0 Å². The van der Waals surface area contributed by atoms with Gasteiger partial charge in [-0.2, -0.15) is 0 Å². The van der Waals surface area contributed by atoms with E-state index in [4.69, 9.17) is 0 Å². The van der Waals surface area contributed by atoms with Crippen molar-refractivity contribution in [2.24, 2.45) is 0 Å². The highest BCUT2D eigenvalue weighted by molar-refractivity contribution is 6.18. The van der Waals surface area contributed by atoms with Gasteiger partial charge in [-0.1, -0.05) is 176 Å². The van der Waals surface area contributed by atoms with E-state index in [1.54, 1.807) is 0 Å². The second-order valence-electron chi connectivity index (χ2n) is 15.0. The molecule has 0 saturated carbocycles. The van der Waals surface area contributed by atoms with Crippen LogP contribution < -0.4 is 4.90 Å². The molecule has 0 unspecified atom stereocenters. The van der Waals surface area contributed by atoms with E-state index >= 15 is 0 Å². The maximum absolute atomic E-state index is 2.42. The molecular weight excluding hydrogens is 701 g/mol. The fourth-order valence-electron chi connectivity index (χ4n) is 8.75. The van der Waals surface area contributed by atoms with Crippen molar-refractivity contribution in [1.82, 2.24) is 4.57 Å². The van der Waals surface area contributed by atoms with Crippen LogP contribution >= 0.6 is 0 Å². The number of para-hydroxylation sites is 1. The first-order chi connectivity index (χ1) is 28.8. The Balaban J connectivity index is 0.955. The van der Waals surface area contributed by atoms with E-state index in [9.17, 15) is 0 Å². The van der Waals surface area contributed by atoms with Gasteiger partial charge in [0.1, 0.15) is 0 Å². The smallest absolute Gasteiger partial charge is 0.0619 e. The Labute approximate surface area is 338 Å². The summed E-state index contributed by atoms with van der Waals surface area (Å²) < 4.78 is 2.42. The van der Waals surface area contributed by atoms with Crippen LogP contribution in [0.4, 0.5) is 17.1 Å². The molecule has 0 N–H and O–H groups in total. The zero-order valence-corrected chi connectivity index (χ0v) is 31.8. The van der Waals surface area contributed by atoms with Gasteiger partial charge < -0.3 is 9.47 Å². The van der Waals surface area contributed by atoms with Gasteiger partial charge in [0.15, 0.2) is 0 Å². The maximum atomic E-state index is 2.42. The van der Waals surface area contributed by atoms with Crippen molar-refractivity contribution in [2.45, 2.75) is 0 Å². The van der Waals surface area contributed by atoms with Gasteiger partial charge in [0.05, 0.1) is 11.0 Å². The number of hydrogen-bond acceptors (Lipinski definition) is 1. The van der Waals surface area contributed by atoms with Gasteiger partial charge in [0, 0.05) is 38.9 Å². The third-order valence-corrected chi connectivity index (χ3v) is 11.6. The average molecular weight is 739 g/mol. The van der Waals surface area contributed by atoms with Crippen LogP contribution in [0.2, 0.25) is 0 Å². The van der Waals surface area contributed by atoms with Crippen molar-refractivity contribution >= 4 is 60.4 Å². The number of benzene rings is 10. The minimum absolute atomic E-state index is 1.10. The summed E-state index contributed by atoms with van der Waals surface area (Å²) in [5.74, 6) is 0. The maximum Gasteiger partial charge on any atom is 0.0619 e. The number of hydrogen-bond donors (Lipinski definition) is 0. The van der Waals surface area contributed by atoms with Gasteiger partial charge in [-0.15, -0.1) is 0 Å². The third kappa shape index (κ3) is 5.82. The predicted molar refractivity (Wildman–Crippen MR) is 247 cm³/mol. The quantitative estimate of drug-likeness (QED) is 0.158. The monoisotopic (exact) mass is 738 g/mol. The van der Waals surface area contributed by atoms with Crippen molar-refractivity contribution < 1.29 is 0 Å². The Morgan fingerprint density at radius 1 is 0.276 bits per heavy atom. The molecule has 58 heavy (non-hydrogen) atoms. The van der Waals surface area contributed by atoms with Crippen LogP contribution in [-0.2, 0) is 0 Å². The fourth-order valence-corrected chi connectivity index (χ4v) is 8.75. The van der Waals surface area contributed by atoms with Gasteiger partial charge in [-0.05, 0) is 104 Å². The molecule has 0 atom stereocenters. The molecule has 0 aliphatic heterocycles. The molecule has 0 aliphatic carbocycles. The number of nitrogens with zero attached hydrogens (tertiary/aromatic N) is 2. The molecule has 0 amide bonds. The number of aromatic nitrogens is 1. The lowest BCUT2D eigenvalue weighted by Crippen LogP contribution is -2.09. The van der Waals surface area contributed by atoms with Crippen LogP contribution in [0.25, 0.3) is 82.4 Å². The zero-order chi connectivity index (χ0) is 38.4. The van der Waals surface area contributed by atoms with Crippen LogP contribution in [0.15, 0.2) is 231 Å². The second kappa shape index (κ2) is 14.1. The SMILES string of the molecule is c1ccc(-c2ccc(N(c3ccc(-c4ccc(-n5c6ccccc6c6ccc7ccccc7c65)cc4)cc3)c3ccc(-c4cccc5ccccc45)cc3)cc2)cc1. The molecule has 11 rings (SSSR count). The average Bonchev–Trinajstić information content (AvgIpc) is 3.65. The summed E-state index contributed by atoms with van der Waals surface area (Å²) in [7, 11) is 0. The van der Waals surface area contributed by atoms with Crippen LogP contribution in [0, 0.1) is 0 Å². The lowest BCUT2D eigenvalue weighted by molar-refractivity contribution is 1.19. The standard InChI is InChI=1S/C56H38N2/c1-2-11-39(12-3-1)40-21-30-46(31-22-40)57(48-36-27-45(28-37-48)51-19-10-15-43-13-4-6-16-50(43)51)47-32-23-41(24-33-47)42-25-34-49(35-26-42)58-55-20-9-8-18-53(55)54-38-29-44-14-5-7-17-52(44)56(54)58/h1-38H. The summed E-state index contributed by atoms with van der Waals surface area (Å²) in [5.41, 5.74) is 14.1. The second-order valence-corrected chi connectivity index (χ2v) is 15.0. The van der Waals surface area contributed by atoms with Crippen LogP contribution in [-0.4, -0.2) is 4.57 Å². The molecular formula is C56H38N2. The van der Waals surface area contributed by atoms with Crippen molar-refractivity contribution in [3.05, 3.63) is 231 Å². The Morgan fingerprint density at radius 2 is 0.741 bits per heavy atom. The highest BCUT2D eigenvalue weighted by Crippen LogP contribution is 2.40. The van der Waals surface area contributed by atoms with Crippen LogP contribution in [0.5, 0.6) is 0 Å².